The lowest BCUT2D eigenvalue weighted by Crippen LogP contribution is -2.40. The number of hydrogen-bond acceptors (Lipinski definition) is 5. The molecule has 1 saturated heterocycles. The van der Waals surface area contributed by atoms with Gasteiger partial charge in [-0.25, -0.2) is 14.8 Å². The SMILES string of the molecule is CCOC1CCCN(c2ncc(C(=O)O)cn2)C1. The van der Waals surface area contributed by atoms with Gasteiger partial charge in [0, 0.05) is 32.1 Å². The number of carbonyl (C=O) groups is 1. The molecule has 2 heterocycles. The van der Waals surface area contributed by atoms with Crippen molar-refractivity contribution in [2.24, 2.45) is 0 Å². The Hall–Kier alpha value is -1.69. The predicted molar refractivity (Wildman–Crippen MR) is 65.9 cm³/mol. The molecule has 1 aliphatic heterocycles. The van der Waals surface area contributed by atoms with Gasteiger partial charge in [-0.15, -0.1) is 0 Å². The minimum atomic E-state index is -1.01. The molecule has 0 saturated carbocycles. The first kappa shape index (κ1) is 12.8. The second-order valence-electron chi connectivity index (χ2n) is 4.24. The fourth-order valence-corrected chi connectivity index (χ4v) is 2.09. The average Bonchev–Trinajstić information content (AvgIpc) is 2.39. The van der Waals surface area contributed by atoms with Gasteiger partial charge in [0.25, 0.3) is 0 Å². The monoisotopic (exact) mass is 251 g/mol. The van der Waals surface area contributed by atoms with Gasteiger partial charge < -0.3 is 14.7 Å². The number of carboxylic acids is 1. The van der Waals surface area contributed by atoms with Crippen LogP contribution in [0.4, 0.5) is 5.95 Å². The van der Waals surface area contributed by atoms with Gasteiger partial charge in [0.2, 0.25) is 5.95 Å². The van der Waals surface area contributed by atoms with E-state index in [2.05, 4.69) is 9.97 Å². The third kappa shape index (κ3) is 2.95. The molecule has 1 aromatic heterocycles. The van der Waals surface area contributed by atoms with E-state index in [0.29, 0.717) is 12.6 Å². The van der Waals surface area contributed by atoms with Crippen LogP contribution in [-0.2, 0) is 4.74 Å². The van der Waals surface area contributed by atoms with Crippen LogP contribution in [0.5, 0.6) is 0 Å². The molecule has 1 unspecified atom stereocenters. The number of rotatable bonds is 4. The van der Waals surface area contributed by atoms with Crippen LogP contribution in [0.3, 0.4) is 0 Å². The molecule has 1 aliphatic rings. The summed E-state index contributed by atoms with van der Waals surface area (Å²) in [4.78, 5) is 20.9. The van der Waals surface area contributed by atoms with E-state index in [9.17, 15) is 4.79 Å². The van der Waals surface area contributed by atoms with Crippen LogP contribution in [0, 0.1) is 0 Å². The number of piperidine rings is 1. The molecule has 0 radical (unpaired) electrons. The highest BCUT2D eigenvalue weighted by Crippen LogP contribution is 2.17. The molecule has 6 heteroatoms. The van der Waals surface area contributed by atoms with E-state index >= 15 is 0 Å². The summed E-state index contributed by atoms with van der Waals surface area (Å²) in [5, 5.41) is 8.78. The molecular weight excluding hydrogens is 234 g/mol. The lowest BCUT2D eigenvalue weighted by atomic mass is 10.1. The van der Waals surface area contributed by atoms with Crippen molar-refractivity contribution in [2.45, 2.75) is 25.9 Å². The minimum absolute atomic E-state index is 0.108. The standard InChI is InChI=1S/C12H17N3O3/c1-2-18-10-4-3-5-15(8-10)12-13-6-9(7-14-12)11(16)17/h6-7,10H,2-5,8H2,1H3,(H,16,17). The molecular formula is C12H17N3O3. The van der Waals surface area contributed by atoms with E-state index in [0.717, 1.165) is 25.9 Å². The molecule has 1 N–H and O–H groups in total. The Morgan fingerprint density at radius 3 is 2.89 bits per heavy atom. The Kier molecular flexibility index (Phi) is 4.09. The van der Waals surface area contributed by atoms with E-state index in [1.165, 1.54) is 12.4 Å². The van der Waals surface area contributed by atoms with Gasteiger partial charge in [0.1, 0.15) is 0 Å². The molecule has 1 atom stereocenters. The second kappa shape index (κ2) is 5.77. The van der Waals surface area contributed by atoms with Crippen molar-refractivity contribution in [3.63, 3.8) is 0 Å². The van der Waals surface area contributed by atoms with Gasteiger partial charge in [-0.05, 0) is 19.8 Å². The Bertz CT molecular complexity index is 406. The molecule has 18 heavy (non-hydrogen) atoms. The highest BCUT2D eigenvalue weighted by atomic mass is 16.5. The summed E-state index contributed by atoms with van der Waals surface area (Å²) in [7, 11) is 0. The largest absolute Gasteiger partial charge is 0.478 e. The molecule has 0 aromatic carbocycles. The first-order valence-corrected chi connectivity index (χ1v) is 6.12. The Morgan fingerprint density at radius 1 is 1.56 bits per heavy atom. The maximum atomic E-state index is 10.7. The fourth-order valence-electron chi connectivity index (χ4n) is 2.09. The number of hydrogen-bond donors (Lipinski definition) is 1. The Labute approximate surface area is 106 Å². The van der Waals surface area contributed by atoms with E-state index in [4.69, 9.17) is 9.84 Å². The van der Waals surface area contributed by atoms with Crippen molar-refractivity contribution in [3.8, 4) is 0 Å². The number of ether oxygens (including phenoxy) is 1. The predicted octanol–water partition coefficient (Wildman–Crippen LogP) is 1.18. The number of nitrogens with zero attached hydrogens (tertiary/aromatic N) is 3. The number of aromatic carboxylic acids is 1. The summed E-state index contributed by atoms with van der Waals surface area (Å²) < 4.78 is 5.61. The van der Waals surface area contributed by atoms with Crippen LogP contribution in [0.15, 0.2) is 12.4 Å². The summed E-state index contributed by atoms with van der Waals surface area (Å²) >= 11 is 0. The van der Waals surface area contributed by atoms with Crippen LogP contribution in [0.2, 0.25) is 0 Å². The highest BCUT2D eigenvalue weighted by molar-refractivity contribution is 5.86. The molecule has 98 valence electrons. The van der Waals surface area contributed by atoms with E-state index in [-0.39, 0.29) is 11.7 Å². The smallest absolute Gasteiger partial charge is 0.338 e. The number of carboxylic acid groups (broad SMARTS) is 1. The molecule has 0 spiro atoms. The number of aromatic nitrogens is 2. The topological polar surface area (TPSA) is 75.5 Å². The zero-order valence-corrected chi connectivity index (χ0v) is 10.4. The average molecular weight is 251 g/mol. The summed E-state index contributed by atoms with van der Waals surface area (Å²) in [6.45, 7) is 4.34. The van der Waals surface area contributed by atoms with Crippen molar-refractivity contribution in [1.82, 2.24) is 9.97 Å². The maximum Gasteiger partial charge on any atom is 0.338 e. The second-order valence-corrected chi connectivity index (χ2v) is 4.24. The van der Waals surface area contributed by atoms with Crippen molar-refractivity contribution >= 4 is 11.9 Å². The van der Waals surface area contributed by atoms with Crippen molar-refractivity contribution in [2.75, 3.05) is 24.6 Å². The third-order valence-electron chi connectivity index (χ3n) is 2.95. The molecule has 1 fully saturated rings. The van der Waals surface area contributed by atoms with Gasteiger partial charge in [0.15, 0.2) is 0 Å². The summed E-state index contributed by atoms with van der Waals surface area (Å²) in [5.74, 6) is -0.434. The van der Waals surface area contributed by atoms with Gasteiger partial charge in [-0.3, -0.25) is 0 Å². The summed E-state index contributed by atoms with van der Waals surface area (Å²) in [6.07, 6.45) is 4.99. The molecule has 0 aliphatic carbocycles. The summed E-state index contributed by atoms with van der Waals surface area (Å²) in [6, 6.07) is 0. The third-order valence-corrected chi connectivity index (χ3v) is 2.95. The quantitative estimate of drug-likeness (QED) is 0.866. The van der Waals surface area contributed by atoms with Crippen LogP contribution in [0.1, 0.15) is 30.1 Å². The van der Waals surface area contributed by atoms with Crippen LogP contribution >= 0.6 is 0 Å². The van der Waals surface area contributed by atoms with E-state index in [1.807, 2.05) is 11.8 Å². The molecule has 6 nitrogen and oxygen atoms in total. The maximum absolute atomic E-state index is 10.7. The zero-order valence-electron chi connectivity index (χ0n) is 10.4. The summed E-state index contributed by atoms with van der Waals surface area (Å²) in [5.41, 5.74) is 0.108. The highest BCUT2D eigenvalue weighted by Gasteiger charge is 2.22. The lowest BCUT2D eigenvalue weighted by molar-refractivity contribution is 0.0523. The van der Waals surface area contributed by atoms with Gasteiger partial charge in [-0.1, -0.05) is 0 Å². The van der Waals surface area contributed by atoms with Gasteiger partial charge in [0.05, 0.1) is 11.7 Å². The Morgan fingerprint density at radius 2 is 2.28 bits per heavy atom. The first-order valence-electron chi connectivity index (χ1n) is 6.12. The van der Waals surface area contributed by atoms with E-state index in [1.54, 1.807) is 0 Å². The Balaban J connectivity index is 2.04. The van der Waals surface area contributed by atoms with Gasteiger partial charge in [-0.2, -0.15) is 0 Å². The lowest BCUT2D eigenvalue weighted by Gasteiger charge is -2.32. The first-order chi connectivity index (χ1) is 8.70. The van der Waals surface area contributed by atoms with Crippen LogP contribution in [0.25, 0.3) is 0 Å². The molecule has 2 rings (SSSR count). The van der Waals surface area contributed by atoms with Crippen molar-refractivity contribution < 1.29 is 14.6 Å². The fraction of sp³-hybridized carbons (Fsp3) is 0.583. The zero-order chi connectivity index (χ0) is 13.0. The van der Waals surface area contributed by atoms with Crippen LogP contribution in [-0.4, -0.2) is 46.8 Å². The van der Waals surface area contributed by atoms with Crippen molar-refractivity contribution in [3.05, 3.63) is 18.0 Å². The van der Waals surface area contributed by atoms with Crippen LogP contribution < -0.4 is 4.90 Å². The van der Waals surface area contributed by atoms with Gasteiger partial charge >= 0.3 is 5.97 Å². The van der Waals surface area contributed by atoms with Crippen molar-refractivity contribution in [1.29, 1.82) is 0 Å². The molecule has 0 bridgehead atoms. The molecule has 0 amide bonds. The van der Waals surface area contributed by atoms with E-state index < -0.39 is 5.97 Å². The minimum Gasteiger partial charge on any atom is -0.478 e. The normalized spacial score (nSPS) is 19.8. The number of anilines is 1. The molecule has 1 aromatic rings.